The maximum atomic E-state index is 14.1. The van der Waals surface area contributed by atoms with Crippen molar-refractivity contribution in [2.24, 2.45) is 0 Å². The normalized spacial score (nSPS) is 24.6. The summed E-state index contributed by atoms with van der Waals surface area (Å²) >= 11 is 0. The number of carbonyl (C=O) groups is 1. The molecule has 1 aromatic carbocycles. The molecule has 0 spiro atoms. The molecular weight excluding hydrogens is 363 g/mol. The number of nitrogens with zero attached hydrogens (tertiary/aromatic N) is 1. The minimum atomic E-state index is -1.49. The number of amides is 1. The van der Waals surface area contributed by atoms with Crippen LogP contribution in [0.3, 0.4) is 0 Å². The van der Waals surface area contributed by atoms with Crippen molar-refractivity contribution in [3.05, 3.63) is 29.6 Å². The van der Waals surface area contributed by atoms with Gasteiger partial charge in [0.1, 0.15) is 11.6 Å². The van der Waals surface area contributed by atoms with Crippen molar-refractivity contribution in [3.63, 3.8) is 0 Å². The summed E-state index contributed by atoms with van der Waals surface area (Å²) in [6, 6.07) is 4.44. The summed E-state index contributed by atoms with van der Waals surface area (Å²) in [5.41, 5.74) is -1.73. The fourth-order valence-corrected chi connectivity index (χ4v) is 4.28. The van der Waals surface area contributed by atoms with Gasteiger partial charge in [0, 0.05) is 25.2 Å². The van der Waals surface area contributed by atoms with Crippen molar-refractivity contribution < 1.29 is 24.1 Å². The Kier molecular flexibility index (Phi) is 6.58. The third-order valence-corrected chi connectivity index (χ3v) is 6.04. The van der Waals surface area contributed by atoms with Crippen molar-refractivity contribution >= 4 is 5.91 Å². The highest BCUT2D eigenvalue weighted by Gasteiger charge is 2.42. The van der Waals surface area contributed by atoms with E-state index in [1.54, 1.807) is 6.07 Å². The van der Waals surface area contributed by atoms with Gasteiger partial charge in [-0.05, 0) is 56.8 Å². The maximum Gasteiger partial charge on any atom is 0.256 e. The van der Waals surface area contributed by atoms with Crippen molar-refractivity contribution in [2.45, 2.75) is 62.7 Å². The minimum absolute atomic E-state index is 0.101. The first-order chi connectivity index (χ1) is 13.4. The van der Waals surface area contributed by atoms with E-state index in [1.807, 2.05) is 0 Å². The van der Waals surface area contributed by atoms with E-state index in [2.05, 4.69) is 5.32 Å². The fraction of sp³-hybridized carbons (Fsp3) is 0.667. The summed E-state index contributed by atoms with van der Waals surface area (Å²) in [5.74, 6) is -0.249. The third kappa shape index (κ3) is 4.82. The number of hydrogen-bond donors (Lipinski definition) is 3. The molecule has 0 unspecified atom stereocenters. The van der Waals surface area contributed by atoms with Crippen LogP contribution < -0.4 is 10.1 Å². The van der Waals surface area contributed by atoms with Crippen LogP contribution in [0.5, 0.6) is 5.75 Å². The molecule has 6 nitrogen and oxygen atoms in total. The molecule has 1 aromatic rings. The van der Waals surface area contributed by atoms with Gasteiger partial charge in [0.05, 0.1) is 12.7 Å². The highest BCUT2D eigenvalue weighted by Crippen LogP contribution is 2.32. The molecule has 3 rings (SSSR count). The average molecular weight is 394 g/mol. The molecule has 1 saturated carbocycles. The number of likely N-dealkylation sites (tertiary alicyclic amines) is 1. The Morgan fingerprint density at radius 3 is 2.68 bits per heavy atom. The molecule has 3 N–H and O–H groups in total. The van der Waals surface area contributed by atoms with E-state index in [0.29, 0.717) is 43.7 Å². The Morgan fingerprint density at radius 2 is 1.96 bits per heavy atom. The van der Waals surface area contributed by atoms with Gasteiger partial charge in [0.15, 0.2) is 5.60 Å². The fourth-order valence-electron chi connectivity index (χ4n) is 4.28. The lowest BCUT2D eigenvalue weighted by Gasteiger charge is -2.38. The zero-order valence-electron chi connectivity index (χ0n) is 16.5. The van der Waals surface area contributed by atoms with E-state index >= 15 is 0 Å². The van der Waals surface area contributed by atoms with Crippen LogP contribution in [0.15, 0.2) is 18.2 Å². The van der Waals surface area contributed by atoms with Gasteiger partial charge in [0.2, 0.25) is 0 Å². The molecule has 156 valence electrons. The second kappa shape index (κ2) is 8.76. The molecule has 28 heavy (non-hydrogen) atoms. The first-order valence-corrected chi connectivity index (χ1v) is 10.1. The highest BCUT2D eigenvalue weighted by molar-refractivity contribution is 5.86. The Morgan fingerprint density at radius 1 is 1.21 bits per heavy atom. The van der Waals surface area contributed by atoms with Crippen molar-refractivity contribution in [1.82, 2.24) is 10.2 Å². The molecule has 0 aromatic heterocycles. The monoisotopic (exact) mass is 394 g/mol. The van der Waals surface area contributed by atoms with Crippen LogP contribution in [0.25, 0.3) is 0 Å². The van der Waals surface area contributed by atoms with Gasteiger partial charge in [-0.25, -0.2) is 4.39 Å². The largest absolute Gasteiger partial charge is 0.497 e. The van der Waals surface area contributed by atoms with Gasteiger partial charge in [0.25, 0.3) is 5.91 Å². The van der Waals surface area contributed by atoms with E-state index < -0.39 is 17.0 Å². The van der Waals surface area contributed by atoms with Gasteiger partial charge in [-0.15, -0.1) is 0 Å². The summed E-state index contributed by atoms with van der Waals surface area (Å²) in [4.78, 5) is 14.4. The highest BCUT2D eigenvalue weighted by atomic mass is 19.1. The lowest BCUT2D eigenvalue weighted by molar-refractivity contribution is -0.157. The first-order valence-electron chi connectivity index (χ1n) is 10.1. The number of ether oxygens (including phenoxy) is 1. The molecule has 1 aliphatic carbocycles. The molecule has 2 aliphatic rings. The number of halogens is 1. The van der Waals surface area contributed by atoms with E-state index in [0.717, 1.165) is 25.7 Å². The third-order valence-electron chi connectivity index (χ3n) is 6.04. The molecule has 7 heteroatoms. The lowest BCUT2D eigenvalue weighted by Crippen LogP contribution is -2.58. The van der Waals surface area contributed by atoms with Gasteiger partial charge in [-0.2, -0.15) is 0 Å². The van der Waals surface area contributed by atoms with Crippen LogP contribution in [0.1, 0.15) is 50.5 Å². The Hall–Kier alpha value is -1.70. The SMILES string of the molecule is COc1ccc(F)c(CN2CCC[C@@](O)(CNCCC3(O)CCCC3)C2=O)c1. The van der Waals surface area contributed by atoms with Crippen LogP contribution >= 0.6 is 0 Å². The van der Waals surface area contributed by atoms with Gasteiger partial charge >= 0.3 is 0 Å². The first kappa shape index (κ1) is 21.0. The van der Waals surface area contributed by atoms with Gasteiger partial charge < -0.3 is 25.2 Å². The smallest absolute Gasteiger partial charge is 0.256 e. The summed E-state index contributed by atoms with van der Waals surface area (Å²) in [5, 5.41) is 24.4. The van der Waals surface area contributed by atoms with E-state index in [4.69, 9.17) is 4.74 Å². The van der Waals surface area contributed by atoms with E-state index in [1.165, 1.54) is 24.1 Å². The second-order valence-corrected chi connectivity index (χ2v) is 8.18. The molecule has 1 saturated heterocycles. The molecule has 1 atom stereocenters. The zero-order valence-corrected chi connectivity index (χ0v) is 16.5. The number of methoxy groups -OCH3 is 1. The van der Waals surface area contributed by atoms with Crippen molar-refractivity contribution in [3.8, 4) is 5.75 Å². The number of nitrogens with one attached hydrogen (secondary N) is 1. The standard InChI is InChI=1S/C21H31FN2O4/c1-28-17-5-6-18(22)16(13-17)14-24-12-4-9-21(27,19(24)25)15-23-11-10-20(26)7-2-3-8-20/h5-6,13,23,26-27H,2-4,7-12,14-15H2,1H3/t21-/m1/s1. The van der Waals surface area contributed by atoms with Crippen LogP contribution in [0.2, 0.25) is 0 Å². The zero-order chi connectivity index (χ0) is 20.2. The average Bonchev–Trinajstić information content (AvgIpc) is 3.11. The topological polar surface area (TPSA) is 82.0 Å². The summed E-state index contributed by atoms with van der Waals surface area (Å²) in [7, 11) is 1.51. The number of carbonyl (C=O) groups excluding carboxylic acids is 1. The van der Waals surface area contributed by atoms with Gasteiger partial charge in [-0.1, -0.05) is 12.8 Å². The molecule has 1 heterocycles. The van der Waals surface area contributed by atoms with Crippen molar-refractivity contribution in [2.75, 3.05) is 26.7 Å². The Labute approximate surface area is 165 Å². The van der Waals surface area contributed by atoms with E-state index in [9.17, 15) is 19.4 Å². The maximum absolute atomic E-state index is 14.1. The van der Waals surface area contributed by atoms with Crippen LogP contribution in [0.4, 0.5) is 4.39 Å². The predicted octanol–water partition coefficient (Wildman–Crippen LogP) is 1.97. The lowest BCUT2D eigenvalue weighted by atomic mass is 9.91. The number of aliphatic hydroxyl groups is 2. The Bertz CT molecular complexity index is 693. The minimum Gasteiger partial charge on any atom is -0.497 e. The Balaban J connectivity index is 1.56. The molecule has 1 amide bonds. The van der Waals surface area contributed by atoms with Crippen LogP contribution in [-0.2, 0) is 11.3 Å². The molecule has 0 radical (unpaired) electrons. The summed E-state index contributed by atoms with van der Waals surface area (Å²) in [6.45, 7) is 1.27. The molecule has 1 aliphatic heterocycles. The quantitative estimate of drug-likeness (QED) is 0.588. The van der Waals surface area contributed by atoms with Crippen LogP contribution in [0, 0.1) is 5.82 Å². The summed E-state index contributed by atoms with van der Waals surface area (Å²) in [6.07, 6.45) is 5.38. The second-order valence-electron chi connectivity index (χ2n) is 8.18. The number of rotatable bonds is 8. The predicted molar refractivity (Wildman–Crippen MR) is 103 cm³/mol. The summed E-state index contributed by atoms with van der Waals surface area (Å²) < 4.78 is 19.3. The molecule has 2 fully saturated rings. The molecule has 0 bridgehead atoms. The van der Waals surface area contributed by atoms with E-state index in [-0.39, 0.29) is 19.0 Å². The number of hydrogen-bond acceptors (Lipinski definition) is 5. The number of piperidine rings is 1. The van der Waals surface area contributed by atoms with Gasteiger partial charge in [-0.3, -0.25) is 4.79 Å². The van der Waals surface area contributed by atoms with Crippen LogP contribution in [-0.4, -0.2) is 59.0 Å². The molecular formula is C21H31FN2O4. The number of benzene rings is 1. The van der Waals surface area contributed by atoms with Crippen molar-refractivity contribution in [1.29, 1.82) is 0 Å².